The van der Waals surface area contributed by atoms with Crippen LogP contribution < -0.4 is 5.32 Å². The highest BCUT2D eigenvalue weighted by atomic mass is 16.2. The summed E-state index contributed by atoms with van der Waals surface area (Å²) in [5, 5.41) is 4.25. The second-order valence-corrected chi connectivity index (χ2v) is 10.6. The van der Waals surface area contributed by atoms with E-state index < -0.39 is 11.6 Å². The number of fused-ring (bicyclic) bond motifs is 1. The zero-order chi connectivity index (χ0) is 26.0. The Hall–Kier alpha value is -3.90. The summed E-state index contributed by atoms with van der Waals surface area (Å²) in [5.41, 5.74) is 3.65. The molecule has 6 rings (SSSR count). The van der Waals surface area contributed by atoms with Crippen LogP contribution in [0.2, 0.25) is 0 Å². The fourth-order valence-electron chi connectivity index (χ4n) is 6.11. The molecule has 2 aliphatic rings. The molecular formula is C32H34N4O2. The summed E-state index contributed by atoms with van der Waals surface area (Å²) in [6.45, 7) is 3.00. The van der Waals surface area contributed by atoms with Gasteiger partial charge in [-0.05, 0) is 42.0 Å². The van der Waals surface area contributed by atoms with Crippen LogP contribution >= 0.6 is 0 Å². The first-order chi connectivity index (χ1) is 18.6. The second kappa shape index (κ2) is 10.5. The number of nitrogens with zero attached hydrogens (tertiary/aromatic N) is 2. The molecule has 2 fully saturated rings. The lowest BCUT2D eigenvalue weighted by Gasteiger charge is -2.51. The highest BCUT2D eigenvalue weighted by Gasteiger charge is 2.53. The van der Waals surface area contributed by atoms with E-state index >= 15 is 0 Å². The Morgan fingerprint density at radius 1 is 0.816 bits per heavy atom. The van der Waals surface area contributed by atoms with Crippen LogP contribution in [0.1, 0.15) is 29.5 Å². The van der Waals surface area contributed by atoms with Gasteiger partial charge in [-0.3, -0.25) is 9.59 Å². The minimum atomic E-state index is -0.813. The van der Waals surface area contributed by atoms with Gasteiger partial charge < -0.3 is 20.1 Å². The predicted octanol–water partition coefficient (Wildman–Crippen LogP) is 4.31. The van der Waals surface area contributed by atoms with Crippen LogP contribution in [-0.2, 0) is 29.0 Å². The first-order valence-electron chi connectivity index (χ1n) is 13.6. The van der Waals surface area contributed by atoms with Crippen LogP contribution in [0.15, 0.2) is 91.1 Å². The van der Waals surface area contributed by atoms with Crippen LogP contribution in [0.3, 0.4) is 0 Å². The lowest BCUT2D eigenvalue weighted by atomic mass is 9.80. The maximum Gasteiger partial charge on any atom is 0.246 e. The number of amides is 2. The highest BCUT2D eigenvalue weighted by molar-refractivity contribution is 6.00. The quantitative estimate of drug-likeness (QED) is 0.392. The predicted molar refractivity (Wildman–Crippen MR) is 149 cm³/mol. The monoisotopic (exact) mass is 506 g/mol. The molecule has 194 valence electrons. The molecule has 1 atom stereocenters. The van der Waals surface area contributed by atoms with Crippen molar-refractivity contribution in [1.29, 1.82) is 0 Å². The number of carbonyl (C=O) groups is 2. The van der Waals surface area contributed by atoms with E-state index in [9.17, 15) is 9.59 Å². The molecule has 1 spiro atoms. The molecule has 6 nitrogen and oxygen atoms in total. The number of H-pyrrole nitrogens is 1. The molecule has 2 amide bonds. The number of piperazine rings is 1. The minimum absolute atomic E-state index is 0.0106. The zero-order valence-corrected chi connectivity index (χ0v) is 21.6. The van der Waals surface area contributed by atoms with Crippen molar-refractivity contribution in [3.8, 4) is 0 Å². The molecule has 2 saturated heterocycles. The Balaban J connectivity index is 1.22. The van der Waals surface area contributed by atoms with Gasteiger partial charge in [0, 0.05) is 49.7 Å². The van der Waals surface area contributed by atoms with Crippen molar-refractivity contribution in [2.45, 2.75) is 43.8 Å². The first-order valence-corrected chi connectivity index (χ1v) is 13.6. The van der Waals surface area contributed by atoms with E-state index in [4.69, 9.17) is 0 Å². The van der Waals surface area contributed by atoms with Crippen LogP contribution in [0.4, 0.5) is 0 Å². The first kappa shape index (κ1) is 24.4. The second-order valence-electron chi connectivity index (χ2n) is 10.6. The number of aromatic amines is 1. The van der Waals surface area contributed by atoms with E-state index in [1.807, 2.05) is 65.7 Å². The van der Waals surface area contributed by atoms with Gasteiger partial charge in [-0.2, -0.15) is 0 Å². The van der Waals surface area contributed by atoms with Gasteiger partial charge >= 0.3 is 0 Å². The molecule has 0 aliphatic carbocycles. The smallest absolute Gasteiger partial charge is 0.246 e. The van der Waals surface area contributed by atoms with Gasteiger partial charge in [0.15, 0.2) is 0 Å². The number of nitrogens with one attached hydrogen (secondary N) is 2. The average Bonchev–Trinajstić information content (AvgIpc) is 3.37. The Bertz CT molecular complexity index is 1410. The summed E-state index contributed by atoms with van der Waals surface area (Å²) in [6.07, 6.45) is 4.71. The molecule has 1 aromatic heterocycles. The van der Waals surface area contributed by atoms with Crippen LogP contribution in [0.5, 0.6) is 0 Å². The number of para-hydroxylation sites is 1. The van der Waals surface area contributed by atoms with Crippen molar-refractivity contribution in [3.63, 3.8) is 0 Å². The van der Waals surface area contributed by atoms with Gasteiger partial charge in [0.05, 0.1) is 0 Å². The Morgan fingerprint density at radius 3 is 2.21 bits per heavy atom. The van der Waals surface area contributed by atoms with Crippen LogP contribution in [0.25, 0.3) is 10.9 Å². The number of hydrogen-bond donors (Lipinski definition) is 2. The van der Waals surface area contributed by atoms with E-state index in [2.05, 4.69) is 45.5 Å². The lowest BCUT2D eigenvalue weighted by Crippen LogP contribution is -2.72. The molecule has 38 heavy (non-hydrogen) atoms. The summed E-state index contributed by atoms with van der Waals surface area (Å²) in [5.74, 6) is -0.00273. The summed E-state index contributed by atoms with van der Waals surface area (Å²) in [4.78, 5) is 35.6. The van der Waals surface area contributed by atoms with Crippen molar-refractivity contribution in [3.05, 3.63) is 108 Å². The van der Waals surface area contributed by atoms with E-state index in [0.29, 0.717) is 25.8 Å². The lowest BCUT2D eigenvalue weighted by molar-refractivity contribution is -0.162. The van der Waals surface area contributed by atoms with E-state index in [1.54, 1.807) is 0 Å². The molecular weight excluding hydrogens is 472 g/mol. The fourth-order valence-corrected chi connectivity index (χ4v) is 6.11. The standard InChI is InChI=1S/C32H34N4O2/c37-30-29(21-26-22-33-28-14-8-7-13-27(26)28)34-31(38)32(36(30)23-25-11-5-2-6-12-25)16-19-35(20-17-32)18-15-24-9-3-1-4-10-24/h1-14,22,29,33H,15-21,23H2,(H,34,38). The molecule has 1 unspecified atom stereocenters. The summed E-state index contributed by atoms with van der Waals surface area (Å²) in [7, 11) is 0. The number of aromatic nitrogens is 1. The molecule has 3 aromatic carbocycles. The summed E-state index contributed by atoms with van der Waals surface area (Å²) < 4.78 is 0. The molecule has 4 aromatic rings. The number of piperidine rings is 1. The summed E-state index contributed by atoms with van der Waals surface area (Å²) >= 11 is 0. The van der Waals surface area contributed by atoms with Gasteiger partial charge in [-0.25, -0.2) is 0 Å². The molecule has 0 bridgehead atoms. The van der Waals surface area contributed by atoms with E-state index in [-0.39, 0.29) is 11.8 Å². The van der Waals surface area contributed by atoms with Gasteiger partial charge in [0.1, 0.15) is 11.6 Å². The van der Waals surface area contributed by atoms with Gasteiger partial charge in [-0.15, -0.1) is 0 Å². The molecule has 3 heterocycles. The maximum absolute atomic E-state index is 14.1. The highest BCUT2D eigenvalue weighted by Crippen LogP contribution is 2.35. The van der Waals surface area contributed by atoms with Crippen molar-refractivity contribution in [1.82, 2.24) is 20.1 Å². The number of carbonyl (C=O) groups excluding carboxylic acids is 2. The Kier molecular flexibility index (Phi) is 6.73. The number of rotatable bonds is 7. The third-order valence-electron chi connectivity index (χ3n) is 8.33. The Morgan fingerprint density at radius 2 is 1.47 bits per heavy atom. The zero-order valence-electron chi connectivity index (χ0n) is 21.6. The molecule has 2 aliphatic heterocycles. The van der Waals surface area contributed by atoms with Gasteiger partial charge in [-0.1, -0.05) is 78.9 Å². The van der Waals surface area contributed by atoms with Crippen LogP contribution in [-0.4, -0.2) is 57.8 Å². The fraction of sp³-hybridized carbons (Fsp3) is 0.312. The van der Waals surface area contributed by atoms with Crippen molar-refractivity contribution >= 4 is 22.7 Å². The topological polar surface area (TPSA) is 68.4 Å². The van der Waals surface area contributed by atoms with Crippen molar-refractivity contribution in [2.24, 2.45) is 0 Å². The van der Waals surface area contributed by atoms with E-state index in [1.165, 1.54) is 5.56 Å². The molecule has 0 radical (unpaired) electrons. The number of hydrogen-bond acceptors (Lipinski definition) is 3. The third kappa shape index (κ3) is 4.72. The van der Waals surface area contributed by atoms with Gasteiger partial charge in [0.25, 0.3) is 0 Å². The maximum atomic E-state index is 14.1. The molecule has 2 N–H and O–H groups in total. The number of benzene rings is 3. The number of likely N-dealkylation sites (tertiary alicyclic amines) is 1. The Labute approximate surface area is 223 Å². The summed E-state index contributed by atoms with van der Waals surface area (Å²) in [6, 6.07) is 28.1. The van der Waals surface area contributed by atoms with E-state index in [0.717, 1.165) is 48.1 Å². The normalized spacial score (nSPS) is 19.7. The van der Waals surface area contributed by atoms with Crippen LogP contribution in [0, 0.1) is 0 Å². The molecule has 6 heteroatoms. The van der Waals surface area contributed by atoms with Crippen molar-refractivity contribution < 1.29 is 9.59 Å². The third-order valence-corrected chi connectivity index (χ3v) is 8.33. The minimum Gasteiger partial charge on any atom is -0.361 e. The largest absolute Gasteiger partial charge is 0.361 e. The molecule has 0 saturated carbocycles. The van der Waals surface area contributed by atoms with Gasteiger partial charge in [0.2, 0.25) is 11.8 Å². The average molecular weight is 507 g/mol. The van der Waals surface area contributed by atoms with Crippen molar-refractivity contribution in [2.75, 3.05) is 19.6 Å². The SMILES string of the molecule is O=C1C(Cc2c[nH]c3ccccc23)NC(=O)C2(CCN(CCc3ccccc3)CC2)N1Cc1ccccc1.